The Morgan fingerprint density at radius 3 is 2.17 bits per heavy atom. The van der Waals surface area contributed by atoms with Crippen LogP contribution in [0.2, 0.25) is 0 Å². The number of likely N-dealkylation sites (N-methyl/N-ethyl adjacent to an activating group) is 1. The summed E-state index contributed by atoms with van der Waals surface area (Å²) in [5.74, 6) is -1.56. The van der Waals surface area contributed by atoms with E-state index in [1.807, 2.05) is 24.3 Å². The second kappa shape index (κ2) is 6.00. The Labute approximate surface area is 115 Å². The largest absolute Gasteiger partial charge is 0.480 e. The highest BCUT2D eigenvalue weighted by Crippen LogP contribution is 2.20. The molecule has 0 aromatic heterocycles. The minimum Gasteiger partial charge on any atom is -0.480 e. The first kappa shape index (κ1) is 14.7. The van der Waals surface area contributed by atoms with E-state index in [1.165, 1.54) is 18.9 Å². The van der Waals surface area contributed by atoms with Crippen LogP contribution >= 0.6 is 15.9 Å². The Bertz CT molecular complexity index is 444. The minimum absolute atomic E-state index is 0.202. The average Bonchev–Trinajstić information content (AvgIpc) is 2.36. The number of carboxylic acids is 1. The molecule has 0 bridgehead atoms. The van der Waals surface area contributed by atoms with Crippen molar-refractivity contribution in [2.45, 2.75) is 25.8 Å². The smallest absolute Gasteiger partial charge is 0.326 e. The average molecular weight is 314 g/mol. The van der Waals surface area contributed by atoms with Gasteiger partial charge in [0.25, 0.3) is 0 Å². The van der Waals surface area contributed by atoms with Crippen LogP contribution in [0.3, 0.4) is 0 Å². The summed E-state index contributed by atoms with van der Waals surface area (Å²) in [4.78, 5) is 24.2. The van der Waals surface area contributed by atoms with Gasteiger partial charge in [-0.1, -0.05) is 28.1 Å². The van der Waals surface area contributed by atoms with Crippen molar-refractivity contribution in [3.05, 3.63) is 34.3 Å². The summed E-state index contributed by atoms with van der Waals surface area (Å²) in [6.45, 7) is 3.27. The van der Waals surface area contributed by atoms with E-state index in [1.54, 1.807) is 6.92 Å². The molecule has 0 aliphatic carbocycles. The van der Waals surface area contributed by atoms with Crippen molar-refractivity contribution in [2.24, 2.45) is 0 Å². The molecule has 1 aromatic rings. The van der Waals surface area contributed by atoms with Crippen LogP contribution in [0.25, 0.3) is 0 Å². The van der Waals surface area contributed by atoms with E-state index in [-0.39, 0.29) is 11.8 Å². The third-order valence-corrected chi connectivity index (χ3v) is 3.56. The van der Waals surface area contributed by atoms with Crippen LogP contribution in [0.1, 0.15) is 25.3 Å². The fourth-order valence-electron chi connectivity index (χ4n) is 1.56. The van der Waals surface area contributed by atoms with Crippen molar-refractivity contribution in [1.29, 1.82) is 0 Å². The van der Waals surface area contributed by atoms with Crippen molar-refractivity contribution >= 4 is 27.8 Å². The van der Waals surface area contributed by atoms with Gasteiger partial charge >= 0.3 is 5.97 Å². The van der Waals surface area contributed by atoms with Gasteiger partial charge in [-0.3, -0.25) is 4.79 Å². The number of hydrogen-bond donors (Lipinski definition) is 1. The second-order valence-electron chi connectivity index (χ2n) is 4.24. The lowest BCUT2D eigenvalue weighted by Gasteiger charge is -2.25. The van der Waals surface area contributed by atoms with Crippen molar-refractivity contribution in [1.82, 2.24) is 4.90 Å². The predicted molar refractivity (Wildman–Crippen MR) is 72.4 cm³/mol. The molecule has 0 aliphatic rings. The lowest BCUT2D eigenvalue weighted by molar-refractivity contribution is -0.148. The molecule has 0 fully saturated rings. The fraction of sp³-hybridized carbons (Fsp3) is 0.385. The lowest BCUT2D eigenvalue weighted by Crippen LogP contribution is -2.42. The molecule has 18 heavy (non-hydrogen) atoms. The molecule has 0 saturated carbocycles. The van der Waals surface area contributed by atoms with Crippen LogP contribution in [-0.2, 0) is 9.59 Å². The first-order valence-electron chi connectivity index (χ1n) is 5.59. The number of rotatable bonds is 4. The minimum atomic E-state index is -1.01. The van der Waals surface area contributed by atoms with Gasteiger partial charge in [0, 0.05) is 11.5 Å². The molecular weight excluding hydrogens is 298 g/mol. The summed E-state index contributed by atoms with van der Waals surface area (Å²) >= 11 is 3.33. The van der Waals surface area contributed by atoms with E-state index in [2.05, 4.69) is 15.9 Å². The molecule has 0 saturated heterocycles. The highest BCUT2D eigenvalue weighted by Gasteiger charge is 2.26. The fourth-order valence-corrected chi connectivity index (χ4v) is 1.82. The van der Waals surface area contributed by atoms with Crippen LogP contribution < -0.4 is 0 Å². The standard InChI is InChI=1S/C13H16BrNO3/c1-8(10-4-6-11(14)7-5-10)12(16)15(3)9(2)13(17)18/h4-9H,1-3H3,(H,17,18). The highest BCUT2D eigenvalue weighted by atomic mass is 79.9. The van der Waals surface area contributed by atoms with E-state index in [0.29, 0.717) is 0 Å². The van der Waals surface area contributed by atoms with E-state index in [0.717, 1.165) is 10.0 Å². The normalized spacial score (nSPS) is 13.8. The number of hydrogen-bond acceptors (Lipinski definition) is 2. The Kier molecular flexibility index (Phi) is 4.90. The first-order chi connectivity index (χ1) is 8.34. The van der Waals surface area contributed by atoms with E-state index in [9.17, 15) is 9.59 Å². The predicted octanol–water partition coefficient (Wildman–Crippen LogP) is 2.48. The summed E-state index contributed by atoms with van der Waals surface area (Å²) in [5.41, 5.74) is 0.868. The monoisotopic (exact) mass is 313 g/mol. The van der Waals surface area contributed by atoms with Crippen LogP contribution in [0.15, 0.2) is 28.7 Å². The summed E-state index contributed by atoms with van der Waals surface area (Å²) in [6, 6.07) is 6.60. The molecule has 98 valence electrons. The van der Waals surface area contributed by atoms with E-state index < -0.39 is 12.0 Å². The Balaban J connectivity index is 2.84. The topological polar surface area (TPSA) is 57.6 Å². The zero-order chi connectivity index (χ0) is 13.9. The molecule has 4 nitrogen and oxygen atoms in total. The molecule has 1 amide bonds. The van der Waals surface area contributed by atoms with Crippen molar-refractivity contribution in [3.63, 3.8) is 0 Å². The number of halogens is 1. The quantitative estimate of drug-likeness (QED) is 0.929. The van der Waals surface area contributed by atoms with Gasteiger partial charge in [-0.15, -0.1) is 0 Å². The van der Waals surface area contributed by atoms with Crippen molar-refractivity contribution < 1.29 is 14.7 Å². The molecule has 1 rings (SSSR count). The molecule has 0 radical (unpaired) electrons. The summed E-state index contributed by atoms with van der Waals surface area (Å²) in [7, 11) is 1.51. The second-order valence-corrected chi connectivity index (χ2v) is 5.15. The molecular formula is C13H16BrNO3. The lowest BCUT2D eigenvalue weighted by atomic mass is 9.99. The first-order valence-corrected chi connectivity index (χ1v) is 6.38. The van der Waals surface area contributed by atoms with Crippen LogP contribution in [-0.4, -0.2) is 35.0 Å². The van der Waals surface area contributed by atoms with Gasteiger partial charge in [0.1, 0.15) is 6.04 Å². The Morgan fingerprint density at radius 2 is 1.72 bits per heavy atom. The summed E-state index contributed by atoms with van der Waals surface area (Å²) in [5, 5.41) is 8.89. The van der Waals surface area contributed by atoms with Gasteiger partial charge in [0.2, 0.25) is 5.91 Å². The van der Waals surface area contributed by atoms with E-state index >= 15 is 0 Å². The Morgan fingerprint density at radius 1 is 1.22 bits per heavy atom. The SMILES string of the molecule is CC(C(=O)N(C)C(C)C(=O)O)c1ccc(Br)cc1. The number of carbonyl (C=O) groups is 2. The van der Waals surface area contributed by atoms with Crippen LogP contribution in [0.5, 0.6) is 0 Å². The molecule has 1 N–H and O–H groups in total. The summed E-state index contributed by atoms with van der Waals surface area (Å²) in [6.07, 6.45) is 0. The molecule has 0 heterocycles. The zero-order valence-corrected chi connectivity index (χ0v) is 12.1. The molecule has 1 aromatic carbocycles. The van der Waals surface area contributed by atoms with Crippen molar-refractivity contribution in [2.75, 3.05) is 7.05 Å². The number of aliphatic carboxylic acids is 1. The van der Waals surface area contributed by atoms with Gasteiger partial charge in [0.05, 0.1) is 5.92 Å². The highest BCUT2D eigenvalue weighted by molar-refractivity contribution is 9.10. The molecule has 2 unspecified atom stereocenters. The molecule has 0 aliphatic heterocycles. The van der Waals surface area contributed by atoms with Gasteiger partial charge in [-0.05, 0) is 31.5 Å². The van der Waals surface area contributed by atoms with Crippen molar-refractivity contribution in [3.8, 4) is 0 Å². The number of benzene rings is 1. The number of amides is 1. The maximum absolute atomic E-state index is 12.1. The van der Waals surface area contributed by atoms with Gasteiger partial charge in [-0.2, -0.15) is 0 Å². The van der Waals surface area contributed by atoms with Gasteiger partial charge < -0.3 is 10.0 Å². The van der Waals surface area contributed by atoms with Gasteiger partial charge in [0.15, 0.2) is 0 Å². The third-order valence-electron chi connectivity index (χ3n) is 3.03. The maximum atomic E-state index is 12.1. The number of nitrogens with zero attached hydrogens (tertiary/aromatic N) is 1. The van der Waals surface area contributed by atoms with Crippen LogP contribution in [0.4, 0.5) is 0 Å². The van der Waals surface area contributed by atoms with E-state index in [4.69, 9.17) is 5.11 Å². The molecule has 2 atom stereocenters. The number of carbonyl (C=O) groups excluding carboxylic acids is 1. The summed E-state index contributed by atoms with van der Waals surface area (Å²) < 4.78 is 0.943. The Hall–Kier alpha value is -1.36. The molecule has 5 heteroatoms. The molecule has 0 spiro atoms. The third kappa shape index (κ3) is 3.32. The van der Waals surface area contributed by atoms with Gasteiger partial charge in [-0.25, -0.2) is 4.79 Å². The number of carboxylic acid groups (broad SMARTS) is 1. The maximum Gasteiger partial charge on any atom is 0.326 e. The zero-order valence-electron chi connectivity index (χ0n) is 10.6. The van der Waals surface area contributed by atoms with Crippen LogP contribution in [0, 0.1) is 0 Å².